The van der Waals surface area contributed by atoms with Crippen molar-refractivity contribution >= 4 is 43.7 Å². The number of aryl methyl sites for hydroxylation is 2. The van der Waals surface area contributed by atoms with Gasteiger partial charge in [0.15, 0.2) is 0 Å². The van der Waals surface area contributed by atoms with E-state index in [0.717, 1.165) is 20.1 Å². The second-order valence-corrected chi connectivity index (χ2v) is 10.5. The van der Waals surface area contributed by atoms with E-state index >= 15 is 0 Å². The number of hydrogen-bond donors (Lipinski definition) is 2. The lowest BCUT2D eigenvalue weighted by Crippen LogP contribution is -2.38. The Hall–Kier alpha value is -2.26. The summed E-state index contributed by atoms with van der Waals surface area (Å²) >= 11 is 6.52. The molecule has 0 spiro atoms. The molecule has 0 atom stereocenters. The molecule has 216 valence electrons. The molecule has 0 saturated carbocycles. The van der Waals surface area contributed by atoms with Gasteiger partial charge in [0, 0.05) is 14.5 Å². The van der Waals surface area contributed by atoms with Gasteiger partial charge in [-0.15, -0.1) is 0 Å². The molecule has 2 aromatic carbocycles. The van der Waals surface area contributed by atoms with Crippen molar-refractivity contribution in [3.8, 4) is 0 Å². The highest BCUT2D eigenvalue weighted by Gasteiger charge is 2.64. The standard InChI is InChI=1S/C12H10BrF4NO.C8H7BrO2.C4H5F4N/c1-7-4-8(2-3-9(7)13)10(19)18-5-11(14,15)12(16,17)6-18;1-5-4-6(8(10)11)2-3-7(5)9;5-3(6)1-9-2-4(3,7)8/h2-4H,5-6H2,1H3;2-4H,1H3,(H,10,11);9H,1-2H2. The smallest absolute Gasteiger partial charge is 0.335 e. The monoisotopic (exact) mass is 696 g/mol. The van der Waals surface area contributed by atoms with Gasteiger partial charge in [-0.05, 0) is 61.4 Å². The van der Waals surface area contributed by atoms with E-state index in [-0.39, 0.29) is 5.56 Å². The molecule has 2 fully saturated rings. The Morgan fingerprint density at radius 1 is 0.744 bits per heavy atom. The van der Waals surface area contributed by atoms with E-state index < -0.39 is 61.7 Å². The highest BCUT2D eigenvalue weighted by molar-refractivity contribution is 9.10. The summed E-state index contributed by atoms with van der Waals surface area (Å²) in [7, 11) is 0. The highest BCUT2D eigenvalue weighted by atomic mass is 79.9. The van der Waals surface area contributed by atoms with Gasteiger partial charge in [-0.25, -0.2) is 4.79 Å². The SMILES string of the molecule is Cc1cc(C(=O)N2CC(F)(F)C(F)(F)C2)ccc1Br.Cc1cc(C(=O)O)ccc1Br.FC1(F)CNCC1(F)F. The predicted molar refractivity (Wildman–Crippen MR) is 133 cm³/mol. The molecule has 0 radical (unpaired) electrons. The maximum atomic E-state index is 13.0. The molecule has 4 rings (SSSR count). The number of carboxylic acids is 1. The third-order valence-corrected chi connectivity index (χ3v) is 7.42. The number of carbonyl (C=O) groups excluding carboxylic acids is 1. The molecule has 2 aliphatic heterocycles. The molecule has 2 saturated heterocycles. The van der Waals surface area contributed by atoms with Gasteiger partial charge in [0.2, 0.25) is 0 Å². The average molecular weight is 698 g/mol. The summed E-state index contributed by atoms with van der Waals surface area (Å²) in [5, 5.41) is 10.5. The third kappa shape index (κ3) is 7.91. The van der Waals surface area contributed by atoms with E-state index in [4.69, 9.17) is 5.11 Å². The summed E-state index contributed by atoms with van der Waals surface area (Å²) in [6, 6.07) is 9.40. The first kappa shape index (κ1) is 32.9. The van der Waals surface area contributed by atoms with Crippen molar-refractivity contribution < 1.29 is 49.8 Å². The molecule has 2 heterocycles. The zero-order chi connectivity index (χ0) is 30.0. The first-order chi connectivity index (χ1) is 17.7. The van der Waals surface area contributed by atoms with E-state index in [0.29, 0.717) is 10.5 Å². The molecule has 2 N–H and O–H groups in total. The number of amides is 1. The molecule has 0 bridgehead atoms. The molecule has 15 heteroatoms. The fourth-order valence-corrected chi connectivity index (χ4v) is 3.78. The van der Waals surface area contributed by atoms with Crippen LogP contribution < -0.4 is 5.32 Å². The van der Waals surface area contributed by atoms with Crippen molar-refractivity contribution in [3.63, 3.8) is 0 Å². The lowest BCUT2D eigenvalue weighted by molar-refractivity contribution is -0.172. The number of alkyl halides is 8. The van der Waals surface area contributed by atoms with Crippen LogP contribution in [0, 0.1) is 13.8 Å². The van der Waals surface area contributed by atoms with Crippen LogP contribution >= 0.6 is 31.9 Å². The Morgan fingerprint density at radius 2 is 1.13 bits per heavy atom. The van der Waals surface area contributed by atoms with Crippen LogP contribution in [0.2, 0.25) is 0 Å². The fourth-order valence-electron chi connectivity index (χ4n) is 3.28. The van der Waals surface area contributed by atoms with Gasteiger partial charge in [0.05, 0.1) is 31.7 Å². The Bertz CT molecular complexity index is 1200. The normalized spacial score (nSPS) is 19.8. The third-order valence-electron chi connectivity index (χ3n) is 5.64. The summed E-state index contributed by atoms with van der Waals surface area (Å²) in [5.41, 5.74) is 2.10. The van der Waals surface area contributed by atoms with Gasteiger partial charge >= 0.3 is 29.7 Å². The number of nitrogens with zero attached hydrogens (tertiary/aromatic N) is 1. The minimum Gasteiger partial charge on any atom is -0.478 e. The minimum atomic E-state index is -4.17. The predicted octanol–water partition coefficient (Wildman–Crippen LogP) is 6.80. The van der Waals surface area contributed by atoms with Gasteiger partial charge < -0.3 is 15.3 Å². The van der Waals surface area contributed by atoms with Crippen molar-refractivity contribution in [2.75, 3.05) is 26.2 Å². The number of halogens is 10. The topological polar surface area (TPSA) is 69.6 Å². The van der Waals surface area contributed by atoms with E-state index in [1.807, 2.05) is 12.2 Å². The average Bonchev–Trinajstić information content (AvgIpc) is 3.19. The Labute approximate surface area is 234 Å². The zero-order valence-electron chi connectivity index (χ0n) is 20.3. The maximum absolute atomic E-state index is 13.0. The molecule has 1 amide bonds. The van der Waals surface area contributed by atoms with Crippen LogP contribution in [-0.4, -0.2) is 71.8 Å². The Morgan fingerprint density at radius 3 is 1.46 bits per heavy atom. The van der Waals surface area contributed by atoms with Crippen molar-refractivity contribution in [1.29, 1.82) is 0 Å². The second-order valence-electron chi connectivity index (χ2n) is 8.82. The van der Waals surface area contributed by atoms with Crippen LogP contribution in [0.25, 0.3) is 0 Å². The van der Waals surface area contributed by atoms with Gasteiger partial charge in [-0.3, -0.25) is 4.79 Å². The van der Waals surface area contributed by atoms with E-state index in [9.17, 15) is 44.7 Å². The zero-order valence-corrected chi connectivity index (χ0v) is 23.5. The molecule has 0 unspecified atom stereocenters. The number of carbonyl (C=O) groups is 2. The molecular formula is C24H22Br2F8N2O3. The molecular weight excluding hydrogens is 676 g/mol. The largest absolute Gasteiger partial charge is 0.478 e. The quantitative estimate of drug-likeness (QED) is 0.339. The van der Waals surface area contributed by atoms with Crippen molar-refractivity contribution in [2.24, 2.45) is 0 Å². The molecule has 2 aliphatic rings. The minimum absolute atomic E-state index is 0.120. The maximum Gasteiger partial charge on any atom is 0.335 e. The van der Waals surface area contributed by atoms with Crippen LogP contribution in [0.5, 0.6) is 0 Å². The number of aromatic carboxylic acids is 1. The molecule has 0 aromatic heterocycles. The molecule has 2 aromatic rings. The first-order valence-corrected chi connectivity index (χ1v) is 12.6. The van der Waals surface area contributed by atoms with Crippen molar-refractivity contribution in [2.45, 2.75) is 37.5 Å². The summed E-state index contributed by atoms with van der Waals surface area (Å²) in [4.78, 5) is 22.9. The van der Waals surface area contributed by atoms with Crippen LogP contribution in [0.1, 0.15) is 31.8 Å². The van der Waals surface area contributed by atoms with Crippen molar-refractivity contribution in [3.05, 3.63) is 67.6 Å². The van der Waals surface area contributed by atoms with Crippen LogP contribution in [-0.2, 0) is 0 Å². The van der Waals surface area contributed by atoms with Gasteiger partial charge in [-0.1, -0.05) is 31.9 Å². The summed E-state index contributed by atoms with van der Waals surface area (Å²) in [5.74, 6) is -17.8. The number of likely N-dealkylation sites (tertiary alicyclic amines) is 1. The molecule has 39 heavy (non-hydrogen) atoms. The number of carboxylic acid groups (broad SMARTS) is 1. The second kappa shape index (κ2) is 12.1. The van der Waals surface area contributed by atoms with Crippen LogP contribution in [0.15, 0.2) is 45.3 Å². The van der Waals surface area contributed by atoms with E-state index in [2.05, 4.69) is 31.9 Å². The number of nitrogens with one attached hydrogen (secondary N) is 1. The highest BCUT2D eigenvalue weighted by Crippen LogP contribution is 2.41. The van der Waals surface area contributed by atoms with E-state index in [1.54, 1.807) is 31.2 Å². The Balaban J connectivity index is 0.000000226. The molecule has 5 nitrogen and oxygen atoms in total. The fraction of sp³-hybridized carbons (Fsp3) is 0.417. The Kier molecular flexibility index (Phi) is 10.2. The number of rotatable bonds is 2. The summed E-state index contributed by atoms with van der Waals surface area (Å²) < 4.78 is 101. The van der Waals surface area contributed by atoms with E-state index in [1.165, 1.54) is 12.1 Å². The van der Waals surface area contributed by atoms with Gasteiger partial charge in [0.25, 0.3) is 5.91 Å². The number of benzene rings is 2. The van der Waals surface area contributed by atoms with Crippen LogP contribution in [0.3, 0.4) is 0 Å². The number of hydrogen-bond acceptors (Lipinski definition) is 3. The summed E-state index contributed by atoms with van der Waals surface area (Å²) in [6.45, 7) is -0.771. The van der Waals surface area contributed by atoms with Crippen molar-refractivity contribution in [1.82, 2.24) is 10.2 Å². The van der Waals surface area contributed by atoms with Gasteiger partial charge in [0.1, 0.15) is 0 Å². The van der Waals surface area contributed by atoms with Gasteiger partial charge in [-0.2, -0.15) is 35.1 Å². The molecule has 0 aliphatic carbocycles. The first-order valence-electron chi connectivity index (χ1n) is 11.0. The lowest BCUT2D eigenvalue weighted by atomic mass is 10.1. The summed E-state index contributed by atoms with van der Waals surface area (Å²) in [6.07, 6.45) is 0. The lowest BCUT2D eigenvalue weighted by Gasteiger charge is -2.15. The van der Waals surface area contributed by atoms with Crippen LogP contribution in [0.4, 0.5) is 35.1 Å².